The molecular formula is C13H12ClNO2. The average molecular weight is 250 g/mol. The SMILES string of the molecule is O=C1OC(CCCCl)=N/C1=C/c1ccccc1. The molecule has 1 aliphatic heterocycles. The molecule has 0 atom stereocenters. The van der Waals surface area contributed by atoms with E-state index in [1.807, 2.05) is 30.3 Å². The molecule has 0 unspecified atom stereocenters. The van der Waals surface area contributed by atoms with Crippen molar-refractivity contribution in [1.82, 2.24) is 0 Å². The van der Waals surface area contributed by atoms with Crippen LogP contribution in [0.4, 0.5) is 0 Å². The van der Waals surface area contributed by atoms with E-state index in [4.69, 9.17) is 16.3 Å². The highest BCUT2D eigenvalue weighted by Gasteiger charge is 2.22. The van der Waals surface area contributed by atoms with E-state index >= 15 is 0 Å². The van der Waals surface area contributed by atoms with Crippen LogP contribution in [0.15, 0.2) is 41.0 Å². The molecule has 0 aromatic heterocycles. The minimum Gasteiger partial charge on any atom is -0.407 e. The second-order valence-corrected chi connectivity index (χ2v) is 4.01. The second kappa shape index (κ2) is 5.64. The van der Waals surface area contributed by atoms with Gasteiger partial charge in [-0.05, 0) is 18.1 Å². The molecule has 1 aliphatic rings. The highest BCUT2D eigenvalue weighted by atomic mass is 35.5. The van der Waals surface area contributed by atoms with E-state index in [2.05, 4.69) is 4.99 Å². The fourth-order valence-electron chi connectivity index (χ4n) is 1.49. The van der Waals surface area contributed by atoms with Crippen molar-refractivity contribution in [2.75, 3.05) is 5.88 Å². The first kappa shape index (κ1) is 11.9. The topological polar surface area (TPSA) is 38.7 Å². The molecule has 0 radical (unpaired) electrons. The summed E-state index contributed by atoms with van der Waals surface area (Å²) in [5, 5.41) is 0. The van der Waals surface area contributed by atoms with Crippen molar-refractivity contribution in [2.45, 2.75) is 12.8 Å². The monoisotopic (exact) mass is 249 g/mol. The van der Waals surface area contributed by atoms with Crippen LogP contribution >= 0.6 is 11.6 Å². The van der Waals surface area contributed by atoms with E-state index in [1.54, 1.807) is 6.08 Å². The van der Waals surface area contributed by atoms with E-state index in [0.29, 0.717) is 23.9 Å². The lowest BCUT2D eigenvalue weighted by Gasteiger charge is -1.94. The third-order valence-corrected chi connectivity index (χ3v) is 2.56. The van der Waals surface area contributed by atoms with Crippen molar-refractivity contribution in [3.8, 4) is 0 Å². The number of aliphatic imine (C=N–C) groups is 1. The van der Waals surface area contributed by atoms with E-state index in [9.17, 15) is 4.79 Å². The number of cyclic esters (lactones) is 1. The second-order valence-electron chi connectivity index (χ2n) is 3.63. The number of benzene rings is 1. The van der Waals surface area contributed by atoms with Crippen molar-refractivity contribution in [2.24, 2.45) is 4.99 Å². The van der Waals surface area contributed by atoms with Gasteiger partial charge >= 0.3 is 5.97 Å². The average Bonchev–Trinajstić information content (AvgIpc) is 2.69. The lowest BCUT2D eigenvalue weighted by molar-refractivity contribution is -0.130. The Morgan fingerprint density at radius 3 is 2.76 bits per heavy atom. The molecule has 0 fully saturated rings. The number of hydrogen-bond donors (Lipinski definition) is 0. The van der Waals surface area contributed by atoms with Crippen molar-refractivity contribution in [1.29, 1.82) is 0 Å². The van der Waals surface area contributed by atoms with Gasteiger partial charge in [0, 0.05) is 12.3 Å². The van der Waals surface area contributed by atoms with E-state index in [1.165, 1.54) is 0 Å². The van der Waals surface area contributed by atoms with Crippen LogP contribution in [-0.2, 0) is 9.53 Å². The van der Waals surface area contributed by atoms with E-state index < -0.39 is 5.97 Å². The normalized spacial score (nSPS) is 17.1. The zero-order valence-corrected chi connectivity index (χ0v) is 9.98. The van der Waals surface area contributed by atoms with Crippen LogP contribution < -0.4 is 0 Å². The van der Waals surface area contributed by atoms with Gasteiger partial charge in [-0.25, -0.2) is 9.79 Å². The maximum atomic E-state index is 11.5. The molecule has 1 aromatic carbocycles. The largest absolute Gasteiger partial charge is 0.407 e. The Balaban J connectivity index is 2.13. The molecule has 0 bridgehead atoms. The fraction of sp³-hybridized carbons (Fsp3) is 0.231. The van der Waals surface area contributed by atoms with Gasteiger partial charge in [-0.15, -0.1) is 11.6 Å². The first-order valence-electron chi connectivity index (χ1n) is 5.42. The number of carbonyl (C=O) groups is 1. The number of halogens is 1. The highest BCUT2D eigenvalue weighted by Crippen LogP contribution is 2.17. The highest BCUT2D eigenvalue weighted by molar-refractivity contribution is 6.18. The van der Waals surface area contributed by atoms with Gasteiger partial charge in [-0.3, -0.25) is 0 Å². The molecule has 1 heterocycles. The van der Waals surface area contributed by atoms with Crippen LogP contribution in [0.3, 0.4) is 0 Å². The molecule has 3 nitrogen and oxygen atoms in total. The lowest BCUT2D eigenvalue weighted by atomic mass is 10.2. The summed E-state index contributed by atoms with van der Waals surface area (Å²) in [6, 6.07) is 9.55. The summed E-state index contributed by atoms with van der Waals surface area (Å²) in [6.07, 6.45) is 3.07. The molecule has 0 N–H and O–H groups in total. The molecule has 17 heavy (non-hydrogen) atoms. The number of hydrogen-bond acceptors (Lipinski definition) is 3. The molecule has 0 saturated heterocycles. The van der Waals surface area contributed by atoms with Gasteiger partial charge in [-0.1, -0.05) is 30.3 Å². The summed E-state index contributed by atoms with van der Waals surface area (Å²) in [4.78, 5) is 15.7. The van der Waals surface area contributed by atoms with Gasteiger partial charge in [0.1, 0.15) is 0 Å². The van der Waals surface area contributed by atoms with Crippen LogP contribution in [-0.4, -0.2) is 17.7 Å². The standard InChI is InChI=1S/C13H12ClNO2/c14-8-4-7-12-15-11(13(16)17-12)9-10-5-2-1-3-6-10/h1-3,5-6,9H,4,7-8H2/b11-9+. The van der Waals surface area contributed by atoms with Gasteiger partial charge in [0.05, 0.1) is 0 Å². The first-order valence-corrected chi connectivity index (χ1v) is 5.95. The Morgan fingerprint density at radius 1 is 1.29 bits per heavy atom. The van der Waals surface area contributed by atoms with E-state index in [0.717, 1.165) is 12.0 Å². The summed E-state index contributed by atoms with van der Waals surface area (Å²) in [6.45, 7) is 0. The molecule has 2 rings (SSSR count). The minimum atomic E-state index is -0.390. The van der Waals surface area contributed by atoms with Crippen LogP contribution in [0.2, 0.25) is 0 Å². The van der Waals surface area contributed by atoms with Crippen LogP contribution in [0, 0.1) is 0 Å². The van der Waals surface area contributed by atoms with Crippen molar-refractivity contribution < 1.29 is 9.53 Å². The Labute approximate surface area is 105 Å². The number of carbonyl (C=O) groups excluding carboxylic acids is 1. The van der Waals surface area contributed by atoms with Gasteiger partial charge < -0.3 is 4.74 Å². The molecular weight excluding hydrogens is 238 g/mol. The Hall–Kier alpha value is -1.61. The predicted octanol–water partition coefficient (Wildman–Crippen LogP) is 3.00. The Kier molecular flexibility index (Phi) is 3.94. The number of esters is 1. The molecule has 0 amide bonds. The quantitative estimate of drug-likeness (QED) is 0.467. The van der Waals surface area contributed by atoms with Crippen LogP contribution in [0.5, 0.6) is 0 Å². The number of ether oxygens (including phenoxy) is 1. The molecule has 0 aliphatic carbocycles. The number of alkyl halides is 1. The first-order chi connectivity index (χ1) is 8.29. The van der Waals surface area contributed by atoms with Gasteiger partial charge in [-0.2, -0.15) is 0 Å². The molecule has 1 aromatic rings. The smallest absolute Gasteiger partial charge is 0.363 e. The third kappa shape index (κ3) is 3.17. The Bertz CT molecular complexity index is 466. The predicted molar refractivity (Wildman–Crippen MR) is 67.9 cm³/mol. The summed E-state index contributed by atoms with van der Waals surface area (Å²) in [5.41, 5.74) is 1.28. The molecule has 88 valence electrons. The zero-order chi connectivity index (χ0) is 12.1. The minimum absolute atomic E-state index is 0.348. The van der Waals surface area contributed by atoms with Gasteiger partial charge in [0.15, 0.2) is 11.6 Å². The molecule has 0 spiro atoms. The van der Waals surface area contributed by atoms with Crippen LogP contribution in [0.25, 0.3) is 6.08 Å². The van der Waals surface area contributed by atoms with E-state index in [-0.39, 0.29) is 0 Å². The lowest BCUT2D eigenvalue weighted by Crippen LogP contribution is -2.03. The summed E-state index contributed by atoms with van der Waals surface area (Å²) < 4.78 is 5.03. The van der Waals surface area contributed by atoms with Crippen LogP contribution in [0.1, 0.15) is 18.4 Å². The molecule has 4 heteroatoms. The van der Waals surface area contributed by atoms with Crippen molar-refractivity contribution >= 4 is 29.5 Å². The Morgan fingerprint density at radius 2 is 2.06 bits per heavy atom. The molecule has 0 saturated carbocycles. The van der Waals surface area contributed by atoms with Crippen molar-refractivity contribution in [3.63, 3.8) is 0 Å². The third-order valence-electron chi connectivity index (χ3n) is 2.29. The maximum Gasteiger partial charge on any atom is 0.363 e. The summed E-state index contributed by atoms with van der Waals surface area (Å²) >= 11 is 5.57. The zero-order valence-electron chi connectivity index (χ0n) is 9.23. The maximum absolute atomic E-state index is 11.5. The van der Waals surface area contributed by atoms with Gasteiger partial charge in [0.25, 0.3) is 0 Å². The number of nitrogens with zero attached hydrogens (tertiary/aromatic N) is 1. The number of rotatable bonds is 4. The van der Waals surface area contributed by atoms with Crippen molar-refractivity contribution in [3.05, 3.63) is 41.6 Å². The fourth-order valence-corrected chi connectivity index (χ4v) is 1.62. The summed E-state index contributed by atoms with van der Waals surface area (Å²) in [7, 11) is 0. The van der Waals surface area contributed by atoms with Gasteiger partial charge in [0.2, 0.25) is 0 Å². The summed E-state index contributed by atoms with van der Waals surface area (Å²) in [5.74, 6) is 0.602.